The molecule has 5 heterocycles. The summed E-state index contributed by atoms with van der Waals surface area (Å²) in [4.78, 5) is 17.9. The molecule has 7 aromatic carbocycles. The maximum atomic E-state index is 6.43. The fraction of sp³-hybridized carbons (Fsp3) is 0.0926. The number of aromatic nitrogens is 4. The predicted octanol–water partition coefficient (Wildman–Crippen LogP) is 12.9. The minimum Gasteiger partial charge on any atom is -0.455 e. The van der Waals surface area contributed by atoms with Crippen molar-refractivity contribution in [3.8, 4) is 39.9 Å². The molecule has 6 heteroatoms. The molecule has 2 atom stereocenters. The smallest absolute Gasteiger partial charge is 0.238 e. The maximum Gasteiger partial charge on any atom is 0.238 e. The van der Waals surface area contributed by atoms with Crippen LogP contribution in [0.15, 0.2) is 174 Å². The van der Waals surface area contributed by atoms with Crippen molar-refractivity contribution in [2.24, 2.45) is 0 Å². The van der Waals surface area contributed by atoms with E-state index in [0.717, 1.165) is 63.7 Å². The van der Waals surface area contributed by atoms with Gasteiger partial charge in [0.15, 0.2) is 11.6 Å². The lowest BCUT2D eigenvalue weighted by atomic mass is 9.83. The second kappa shape index (κ2) is 13.0. The Bertz CT molecular complexity index is 3320. The second-order valence-electron chi connectivity index (χ2n) is 16.3. The standard InChI is InChI=1S/C54H37N5O/c1-3-13-33(14-4-1)52-55-53(34-15-5-2-6-16-34)57-54(56-52)59-47-22-9-7-18-44(47)50-40(19-12-23-48(50)59)35-25-27-45-37(29-35)31-39-32-38-30-36(26-28-46(38)58(39)45)41-20-11-21-43-42-17-8-10-24-49(42)60-51(41)43/h1-18,20-30,39-40H,19,31-32H2. The lowest BCUT2D eigenvalue weighted by Crippen LogP contribution is -2.22. The highest BCUT2D eigenvalue weighted by Crippen LogP contribution is 2.50. The lowest BCUT2D eigenvalue weighted by Gasteiger charge is -2.23. The van der Waals surface area contributed by atoms with Crippen molar-refractivity contribution in [1.29, 1.82) is 0 Å². The van der Waals surface area contributed by atoms with Crippen LogP contribution in [0.1, 0.15) is 40.3 Å². The van der Waals surface area contributed by atoms with Crippen LogP contribution in [0.2, 0.25) is 0 Å². The van der Waals surface area contributed by atoms with Crippen molar-refractivity contribution in [2.45, 2.75) is 31.2 Å². The van der Waals surface area contributed by atoms with Gasteiger partial charge in [0.25, 0.3) is 0 Å². The number of furan rings is 1. The third kappa shape index (κ3) is 5.04. The molecule has 0 saturated carbocycles. The summed E-state index contributed by atoms with van der Waals surface area (Å²) in [6.45, 7) is 0. The Kier molecular flexibility index (Phi) is 7.22. The lowest BCUT2D eigenvalue weighted by molar-refractivity contribution is 0.670. The van der Waals surface area contributed by atoms with Crippen molar-refractivity contribution in [2.75, 3.05) is 4.90 Å². The first-order valence-corrected chi connectivity index (χ1v) is 20.9. The van der Waals surface area contributed by atoms with Gasteiger partial charge >= 0.3 is 0 Å². The quantitative estimate of drug-likeness (QED) is 0.174. The first-order valence-electron chi connectivity index (χ1n) is 20.9. The topological polar surface area (TPSA) is 60.0 Å². The number of hydrogen-bond acceptors (Lipinski definition) is 5. The van der Waals surface area contributed by atoms with E-state index >= 15 is 0 Å². The van der Waals surface area contributed by atoms with E-state index in [1.54, 1.807) is 0 Å². The number of nitrogens with zero attached hydrogens (tertiary/aromatic N) is 5. The summed E-state index contributed by atoms with van der Waals surface area (Å²) in [7, 11) is 0. The Balaban J connectivity index is 0.878. The molecule has 6 nitrogen and oxygen atoms in total. The molecule has 0 saturated heterocycles. The van der Waals surface area contributed by atoms with Gasteiger partial charge in [-0.3, -0.25) is 4.57 Å². The van der Waals surface area contributed by atoms with Crippen LogP contribution in [0.5, 0.6) is 0 Å². The molecule has 0 amide bonds. The molecule has 0 N–H and O–H groups in total. The van der Waals surface area contributed by atoms with Gasteiger partial charge < -0.3 is 9.32 Å². The number of para-hydroxylation sites is 3. The molecular formula is C54H37N5O. The Morgan fingerprint density at radius 2 is 1.22 bits per heavy atom. The Morgan fingerprint density at radius 3 is 2.00 bits per heavy atom. The molecule has 2 aliphatic heterocycles. The summed E-state index contributed by atoms with van der Waals surface area (Å²) in [5.41, 5.74) is 16.5. The van der Waals surface area contributed by atoms with Crippen molar-refractivity contribution < 1.29 is 4.42 Å². The van der Waals surface area contributed by atoms with Gasteiger partial charge in [0, 0.05) is 56.2 Å². The predicted molar refractivity (Wildman–Crippen MR) is 242 cm³/mol. The molecular weight excluding hydrogens is 735 g/mol. The van der Waals surface area contributed by atoms with Gasteiger partial charge in [0.1, 0.15) is 11.2 Å². The molecule has 3 aliphatic rings. The second-order valence-corrected chi connectivity index (χ2v) is 16.3. The van der Waals surface area contributed by atoms with Crippen molar-refractivity contribution in [3.63, 3.8) is 0 Å². The normalized spacial score (nSPS) is 16.4. The van der Waals surface area contributed by atoms with E-state index in [0.29, 0.717) is 23.6 Å². The van der Waals surface area contributed by atoms with E-state index < -0.39 is 0 Å². The molecule has 13 rings (SSSR count). The zero-order chi connectivity index (χ0) is 39.3. The van der Waals surface area contributed by atoms with Crippen LogP contribution in [0.3, 0.4) is 0 Å². The zero-order valence-corrected chi connectivity index (χ0v) is 32.7. The van der Waals surface area contributed by atoms with Crippen LogP contribution < -0.4 is 4.90 Å². The van der Waals surface area contributed by atoms with E-state index in [1.807, 2.05) is 42.5 Å². The van der Waals surface area contributed by atoms with Crippen molar-refractivity contribution >= 4 is 50.3 Å². The van der Waals surface area contributed by atoms with E-state index in [2.05, 4.69) is 143 Å². The molecule has 0 spiro atoms. The van der Waals surface area contributed by atoms with Gasteiger partial charge in [-0.2, -0.15) is 9.97 Å². The summed E-state index contributed by atoms with van der Waals surface area (Å²) >= 11 is 0. The van der Waals surface area contributed by atoms with Crippen molar-refractivity contribution in [3.05, 3.63) is 198 Å². The fourth-order valence-electron chi connectivity index (χ4n) is 10.3. The molecule has 0 fully saturated rings. The summed E-state index contributed by atoms with van der Waals surface area (Å²) in [6, 6.07) is 58.6. The van der Waals surface area contributed by atoms with Crippen LogP contribution in [0.25, 0.3) is 78.8 Å². The van der Waals surface area contributed by atoms with Gasteiger partial charge in [-0.25, -0.2) is 4.98 Å². The third-order valence-corrected chi connectivity index (χ3v) is 12.9. The van der Waals surface area contributed by atoms with E-state index in [4.69, 9.17) is 19.4 Å². The van der Waals surface area contributed by atoms with Crippen LogP contribution >= 0.6 is 0 Å². The molecule has 0 bridgehead atoms. The minimum atomic E-state index is 0.191. The highest BCUT2D eigenvalue weighted by atomic mass is 16.3. The average Bonchev–Trinajstić information content (AvgIpc) is 4.06. The van der Waals surface area contributed by atoms with E-state index in [1.165, 1.54) is 50.0 Å². The van der Waals surface area contributed by atoms with Gasteiger partial charge in [0.2, 0.25) is 5.95 Å². The number of hydrogen-bond donors (Lipinski definition) is 0. The van der Waals surface area contributed by atoms with Gasteiger partial charge in [-0.1, -0.05) is 140 Å². The van der Waals surface area contributed by atoms with Gasteiger partial charge in [-0.15, -0.1) is 0 Å². The number of allylic oxidation sites excluding steroid dienone is 1. The minimum absolute atomic E-state index is 0.191. The number of benzene rings is 7. The monoisotopic (exact) mass is 771 g/mol. The molecule has 3 aromatic heterocycles. The Labute approximate surface area is 346 Å². The summed E-state index contributed by atoms with van der Waals surface area (Å²) < 4.78 is 8.67. The molecule has 1 aliphatic carbocycles. The Hall–Kier alpha value is -7.57. The van der Waals surface area contributed by atoms with Crippen LogP contribution in [-0.2, 0) is 12.8 Å². The number of fused-ring (bicyclic) bond motifs is 11. The van der Waals surface area contributed by atoms with Crippen LogP contribution in [0, 0.1) is 0 Å². The summed E-state index contributed by atoms with van der Waals surface area (Å²) in [5.74, 6) is 2.12. The van der Waals surface area contributed by atoms with E-state index in [-0.39, 0.29) is 5.92 Å². The fourth-order valence-corrected chi connectivity index (χ4v) is 10.3. The van der Waals surface area contributed by atoms with E-state index in [9.17, 15) is 0 Å². The maximum absolute atomic E-state index is 6.43. The number of rotatable bonds is 5. The zero-order valence-electron chi connectivity index (χ0n) is 32.7. The van der Waals surface area contributed by atoms with Crippen molar-refractivity contribution in [1.82, 2.24) is 19.5 Å². The average molecular weight is 772 g/mol. The first kappa shape index (κ1) is 33.4. The molecule has 60 heavy (non-hydrogen) atoms. The molecule has 0 radical (unpaired) electrons. The molecule has 10 aromatic rings. The number of anilines is 2. The van der Waals surface area contributed by atoms with Crippen LogP contribution in [0.4, 0.5) is 11.4 Å². The van der Waals surface area contributed by atoms with Gasteiger partial charge in [0.05, 0.1) is 11.2 Å². The summed E-state index contributed by atoms with van der Waals surface area (Å²) in [6.07, 6.45) is 7.57. The first-order chi connectivity index (χ1) is 29.7. The largest absolute Gasteiger partial charge is 0.455 e. The highest BCUT2D eigenvalue weighted by molar-refractivity contribution is 6.09. The molecule has 284 valence electrons. The van der Waals surface area contributed by atoms with Crippen LogP contribution in [-0.4, -0.2) is 25.6 Å². The third-order valence-electron chi connectivity index (χ3n) is 12.9. The summed E-state index contributed by atoms with van der Waals surface area (Å²) in [5, 5.41) is 3.56. The molecule has 2 unspecified atom stereocenters. The Morgan fingerprint density at radius 1 is 0.550 bits per heavy atom. The highest BCUT2D eigenvalue weighted by Gasteiger charge is 2.38. The van der Waals surface area contributed by atoms with Gasteiger partial charge in [-0.05, 0) is 83.5 Å². The SMILES string of the molecule is C1=Cc2c(c3ccccc3n2-c2nc(-c3ccccc3)nc(-c3ccccc3)n2)C(c2ccc3c(c2)CC2Cc4cc(-c5cccc6c5oc5ccccc56)ccc4N32)C1.